The Morgan fingerprint density at radius 2 is 2.55 bits per heavy atom. The molecule has 0 aliphatic carbocycles. The van der Waals surface area contributed by atoms with Gasteiger partial charge in [-0.2, -0.15) is 10.2 Å². The third kappa shape index (κ3) is 1.02. The topological polar surface area (TPSA) is 35.6 Å². The maximum Gasteiger partial charge on any atom is 0.174 e. The molecule has 0 saturated carbocycles. The van der Waals surface area contributed by atoms with Crippen LogP contribution in [0.15, 0.2) is 30.7 Å². The van der Waals surface area contributed by atoms with Crippen molar-refractivity contribution in [2.75, 3.05) is 0 Å². The Morgan fingerprint density at radius 1 is 1.64 bits per heavy atom. The van der Waals surface area contributed by atoms with Crippen molar-refractivity contribution in [2.45, 2.75) is 0 Å². The lowest BCUT2D eigenvalue weighted by molar-refractivity contribution is 0.731. The molecule has 56 valence electrons. The Labute approximate surface area is 65.5 Å². The van der Waals surface area contributed by atoms with Crippen molar-refractivity contribution in [3.8, 4) is 5.82 Å². The highest BCUT2D eigenvalue weighted by atomic mass is 15.4. The van der Waals surface area contributed by atoms with Gasteiger partial charge in [-0.1, -0.05) is 0 Å². The van der Waals surface area contributed by atoms with E-state index in [2.05, 4.69) is 10.2 Å². The van der Waals surface area contributed by atoms with Crippen LogP contribution >= 0.6 is 0 Å². The highest BCUT2D eigenvalue weighted by Crippen LogP contribution is 1.99. The molecule has 0 N–H and O–H groups in total. The minimum absolute atomic E-state index is 0.375. The van der Waals surface area contributed by atoms with Crippen molar-refractivity contribution in [1.82, 2.24) is 19.6 Å². The Kier molecular flexibility index (Phi) is 1.04. The second kappa shape index (κ2) is 2.23. The van der Waals surface area contributed by atoms with Crippen molar-refractivity contribution in [2.24, 2.45) is 7.05 Å². The molecule has 0 aliphatic heterocycles. The molecule has 0 radical (unpaired) electrons. The summed E-state index contributed by atoms with van der Waals surface area (Å²) in [6.07, 6.45) is 3.85. The highest BCUT2D eigenvalue weighted by Gasteiger charge is 1.96. The number of aryl methyl sites for hydroxylation is 1. The monoisotopic (exact) mass is 149 g/mol. The second-order valence-electron chi connectivity index (χ2n) is 2.21. The fourth-order valence-electron chi connectivity index (χ4n) is 0.879. The van der Waals surface area contributed by atoms with Crippen LogP contribution in [0, 0.1) is 0 Å². The zero-order valence-corrected chi connectivity index (χ0v) is 6.10. The largest absolute Gasteiger partial charge is 0.274 e. The summed E-state index contributed by atoms with van der Waals surface area (Å²) in [5.74, 6) is 0.674. The van der Waals surface area contributed by atoms with Gasteiger partial charge in [-0.05, 0) is 6.07 Å². The SMILES string of the molecule is [2H]c1cc(-n2cccn2)nn1C. The standard InChI is InChI=1S/C7H8N4/c1-10-6-3-7(9-10)11-5-2-4-8-11/h2-6H,1H3/i6D. The van der Waals surface area contributed by atoms with E-state index in [1.807, 2.05) is 6.07 Å². The maximum atomic E-state index is 7.40. The van der Waals surface area contributed by atoms with Crippen LogP contribution in [-0.2, 0) is 7.05 Å². The molecular weight excluding hydrogens is 140 g/mol. The van der Waals surface area contributed by atoms with Gasteiger partial charge >= 0.3 is 0 Å². The van der Waals surface area contributed by atoms with E-state index >= 15 is 0 Å². The molecule has 2 aromatic rings. The molecule has 0 atom stereocenters. The smallest absolute Gasteiger partial charge is 0.174 e. The molecule has 0 bridgehead atoms. The van der Waals surface area contributed by atoms with Gasteiger partial charge in [0.1, 0.15) is 0 Å². The summed E-state index contributed by atoms with van der Waals surface area (Å²) >= 11 is 0. The zero-order chi connectivity index (χ0) is 8.55. The fraction of sp³-hybridized carbons (Fsp3) is 0.143. The maximum absolute atomic E-state index is 7.40. The third-order valence-corrected chi connectivity index (χ3v) is 1.37. The first-order valence-electron chi connectivity index (χ1n) is 3.78. The third-order valence-electron chi connectivity index (χ3n) is 1.37. The van der Waals surface area contributed by atoms with E-state index in [9.17, 15) is 0 Å². The van der Waals surface area contributed by atoms with Crippen LogP contribution in [0.4, 0.5) is 0 Å². The average Bonchev–Trinajstić information content (AvgIpc) is 2.61. The molecule has 2 rings (SSSR count). The number of nitrogens with zero attached hydrogens (tertiary/aromatic N) is 4. The normalized spacial score (nSPS) is 11.5. The number of hydrogen-bond acceptors (Lipinski definition) is 2. The Hall–Kier alpha value is -1.58. The summed E-state index contributed by atoms with van der Waals surface area (Å²) < 4.78 is 10.5. The lowest BCUT2D eigenvalue weighted by atomic mass is 10.6. The molecular formula is C7H8N4. The molecule has 0 fully saturated rings. The van der Waals surface area contributed by atoms with E-state index in [0.29, 0.717) is 12.0 Å². The first kappa shape index (κ1) is 5.12. The molecule has 0 unspecified atom stereocenters. The molecule has 2 heterocycles. The van der Waals surface area contributed by atoms with Gasteiger partial charge in [0.15, 0.2) is 5.82 Å². The predicted molar refractivity (Wildman–Crippen MR) is 40.3 cm³/mol. The van der Waals surface area contributed by atoms with Crippen LogP contribution in [-0.4, -0.2) is 19.6 Å². The number of aromatic nitrogens is 4. The summed E-state index contributed by atoms with van der Waals surface area (Å²) in [7, 11) is 1.73. The summed E-state index contributed by atoms with van der Waals surface area (Å²) in [5.41, 5.74) is 0. The van der Waals surface area contributed by atoms with E-state index in [0.717, 1.165) is 0 Å². The van der Waals surface area contributed by atoms with Crippen molar-refractivity contribution < 1.29 is 1.37 Å². The van der Waals surface area contributed by atoms with Crippen molar-refractivity contribution in [1.29, 1.82) is 0 Å². The van der Waals surface area contributed by atoms with E-state index < -0.39 is 0 Å². The molecule has 0 spiro atoms. The zero-order valence-electron chi connectivity index (χ0n) is 7.10. The average molecular weight is 149 g/mol. The molecule has 0 saturated heterocycles. The van der Waals surface area contributed by atoms with Gasteiger partial charge in [0.05, 0.1) is 1.37 Å². The van der Waals surface area contributed by atoms with Gasteiger partial charge in [-0.25, -0.2) is 4.68 Å². The summed E-state index contributed by atoms with van der Waals surface area (Å²) in [4.78, 5) is 0. The Balaban J connectivity index is 2.48. The molecule has 0 amide bonds. The lowest BCUT2D eigenvalue weighted by Gasteiger charge is -1.91. The molecule has 4 nitrogen and oxygen atoms in total. The quantitative estimate of drug-likeness (QED) is 0.595. The summed E-state index contributed by atoms with van der Waals surface area (Å²) in [6, 6.07) is 3.48. The van der Waals surface area contributed by atoms with Gasteiger partial charge in [0.25, 0.3) is 0 Å². The number of rotatable bonds is 1. The summed E-state index contributed by atoms with van der Waals surface area (Å²) in [5, 5.41) is 8.08. The molecule has 4 heteroatoms. The minimum atomic E-state index is 0.375. The Morgan fingerprint density at radius 3 is 3.09 bits per heavy atom. The lowest BCUT2D eigenvalue weighted by Crippen LogP contribution is -1.96. The molecule has 0 aromatic carbocycles. The van der Waals surface area contributed by atoms with Crippen LogP contribution in [0.5, 0.6) is 0 Å². The Bertz CT molecular complexity index is 357. The fourth-order valence-corrected chi connectivity index (χ4v) is 0.879. The van der Waals surface area contributed by atoms with Crippen LogP contribution in [0.2, 0.25) is 0 Å². The minimum Gasteiger partial charge on any atom is -0.274 e. The van der Waals surface area contributed by atoms with Crippen LogP contribution < -0.4 is 0 Å². The van der Waals surface area contributed by atoms with E-state index in [1.165, 1.54) is 4.68 Å². The predicted octanol–water partition coefficient (Wildman–Crippen LogP) is 0.606. The summed E-state index contributed by atoms with van der Waals surface area (Å²) in [6.45, 7) is 0. The van der Waals surface area contributed by atoms with Gasteiger partial charge in [0, 0.05) is 31.7 Å². The molecule has 0 aliphatic rings. The van der Waals surface area contributed by atoms with Gasteiger partial charge in [0.2, 0.25) is 0 Å². The number of hydrogen-bond donors (Lipinski definition) is 0. The molecule has 2 aromatic heterocycles. The second-order valence-corrected chi connectivity index (χ2v) is 2.21. The van der Waals surface area contributed by atoms with E-state index in [4.69, 9.17) is 1.37 Å². The highest BCUT2D eigenvalue weighted by molar-refractivity contribution is 5.17. The van der Waals surface area contributed by atoms with Crippen molar-refractivity contribution in [3.63, 3.8) is 0 Å². The molecule has 11 heavy (non-hydrogen) atoms. The van der Waals surface area contributed by atoms with Gasteiger partial charge in [-0.15, -0.1) is 0 Å². The van der Waals surface area contributed by atoms with Crippen LogP contribution in [0.3, 0.4) is 0 Å². The van der Waals surface area contributed by atoms with Crippen LogP contribution in [0.1, 0.15) is 1.37 Å². The first-order chi connectivity index (χ1) is 5.77. The van der Waals surface area contributed by atoms with Gasteiger partial charge < -0.3 is 0 Å². The van der Waals surface area contributed by atoms with Crippen molar-refractivity contribution in [3.05, 3.63) is 30.7 Å². The van der Waals surface area contributed by atoms with Gasteiger partial charge in [-0.3, -0.25) is 4.68 Å². The van der Waals surface area contributed by atoms with E-state index in [-0.39, 0.29) is 0 Å². The van der Waals surface area contributed by atoms with E-state index in [1.54, 1.807) is 30.2 Å². The van der Waals surface area contributed by atoms with Crippen LogP contribution in [0.25, 0.3) is 5.82 Å². The first-order valence-corrected chi connectivity index (χ1v) is 3.28. The van der Waals surface area contributed by atoms with Crippen molar-refractivity contribution >= 4 is 0 Å².